The van der Waals surface area contributed by atoms with Gasteiger partial charge in [0.15, 0.2) is 43.4 Å². The van der Waals surface area contributed by atoms with Crippen LogP contribution in [0, 0.1) is 0 Å². The van der Waals surface area contributed by atoms with E-state index in [2.05, 4.69) is 38.1 Å². The molecule has 7 aliphatic rings. The maximum atomic E-state index is 14.2. The molecule has 41 nitrogen and oxygen atoms in total. The Balaban J connectivity index is 0.00000154. The van der Waals surface area contributed by atoms with Crippen molar-refractivity contribution in [3.05, 3.63) is 112 Å². The number of amides is 3. The Labute approximate surface area is 730 Å². The van der Waals surface area contributed by atoms with Crippen LogP contribution in [0.1, 0.15) is 68.2 Å². The Morgan fingerprint density at radius 1 is 0.373 bits per heavy atom. The number of anilines is 1. The fraction of sp³-hybridized carbons (Fsp3) is 0.718. The van der Waals surface area contributed by atoms with Gasteiger partial charge in [-0.2, -0.15) is 0 Å². The minimum absolute atomic E-state index is 0.00694. The molecule has 6 saturated heterocycles. The highest BCUT2D eigenvalue weighted by molar-refractivity contribution is 5.82. The Kier molecular flexibility index (Phi) is 38.3. The first-order valence-corrected chi connectivity index (χ1v) is 41.4. The number of aliphatic hydroxyl groups excluding tert-OH is 1. The third-order valence-electron chi connectivity index (χ3n) is 24.0. The molecule has 0 spiro atoms. The van der Waals surface area contributed by atoms with Gasteiger partial charge in [-0.3, -0.25) is 38.4 Å². The second kappa shape index (κ2) is 47.7. The van der Waals surface area contributed by atoms with Crippen LogP contribution in [-0.4, -0.2) is 367 Å². The molecule has 706 valence electrons. The molecule has 0 radical (unpaired) electrons. The topological polar surface area (TPSA) is 463 Å². The van der Waals surface area contributed by atoms with Crippen LogP contribution in [0.15, 0.2) is 67.7 Å². The summed E-state index contributed by atoms with van der Waals surface area (Å²) in [4.78, 5) is 102. The van der Waals surface area contributed by atoms with Gasteiger partial charge in [-0.15, -0.1) is 0 Å². The number of carbonyl (C=O) groups excluding carboxylic acids is 4. The molecule has 6 aliphatic heterocycles. The van der Waals surface area contributed by atoms with Gasteiger partial charge in [0.05, 0.1) is 82.1 Å². The first-order chi connectivity index (χ1) is 60.8. The molecule has 14 unspecified atom stereocenters. The summed E-state index contributed by atoms with van der Waals surface area (Å²) < 4.78 is 172. The summed E-state index contributed by atoms with van der Waals surface area (Å²) in [7, 11) is 24.7. The van der Waals surface area contributed by atoms with E-state index >= 15 is 0 Å². The number of ether oxygens (including phenoxy) is 28. The number of nitrogens with one attached hydrogen (secondary N) is 4. The predicted octanol–water partition coefficient (Wildman–Crippen LogP) is -0.652. The number of esters is 1. The zero-order chi connectivity index (χ0) is 91.5. The predicted molar refractivity (Wildman–Crippen MR) is 439 cm³/mol. The van der Waals surface area contributed by atoms with E-state index in [1.165, 1.54) is 128 Å². The third-order valence-corrected chi connectivity index (χ3v) is 24.0. The van der Waals surface area contributed by atoms with Crippen LogP contribution in [0.4, 0.5) is 5.69 Å². The zero-order valence-electron chi connectivity index (χ0n) is 74.7. The van der Waals surface area contributed by atoms with Crippen molar-refractivity contribution in [2.45, 2.75) is 243 Å². The molecule has 41 heteroatoms. The number of hydrogen-bond acceptors (Lipinski definition) is 38. The standard InChI is InChI=1S/C79H118N4O33.C6H6O4/c1-37-53(80-39(3)84)62(94-8)70(102-16)76(107-37)113-60-48(35-92-6)111-78(72(104-18)66(60)98-12)115-58-46(33-90-4)109-74(68(100-14)64(58)96-10)81-50(85)29-28-44-55(57(89)56(44)88)83-54-38(2)108-77(71(103-17)63(54)95-9)114-61-49(36-93-7)112-79(73(105-19)67(61)99-13)116-59-47(34-91-5)110-75(69(101-15)65(59)97-11)82-51(86)30-31-52(87)106-32-45-42-26-22-20-24-40(42)41-25-21-23-27-43(41)45;1-10-6-3(2-7)4(8)5(6)9/h20-27,37-38,45-49,53-54,58-79,83H,28-36H2,1-19H3,(H,80,84)(H,81,85)(H,82,86);7H,2H2,1H3/t37?,38?,46?,47?,48?,49?,53-,54-,58+,59+,60+,61+,62-,63-,64-,65-,66-,67-,68?,69?,70?,71?,72?,73?,74?,75?,76+,77+,78+,79+;/m1./s1. The van der Waals surface area contributed by atoms with E-state index in [4.69, 9.17) is 133 Å². The summed E-state index contributed by atoms with van der Waals surface area (Å²) >= 11 is 0. The molecule has 0 bridgehead atoms. The van der Waals surface area contributed by atoms with Gasteiger partial charge in [-0.1, -0.05) is 48.5 Å². The van der Waals surface area contributed by atoms with Gasteiger partial charge in [0.2, 0.25) is 34.0 Å². The molecule has 126 heavy (non-hydrogen) atoms. The normalized spacial score (nSPS) is 33.9. The molecule has 0 aromatic heterocycles. The molecular formula is C85H124N4O37. The molecule has 0 saturated carbocycles. The number of carbonyl (C=O) groups is 4. The van der Waals surface area contributed by atoms with Crippen LogP contribution in [0.3, 0.4) is 0 Å². The van der Waals surface area contributed by atoms with Gasteiger partial charge < -0.3 is 159 Å². The maximum absolute atomic E-state index is 14.2. The summed E-state index contributed by atoms with van der Waals surface area (Å²) in [6, 6.07) is 14.6. The summed E-state index contributed by atoms with van der Waals surface area (Å²) in [6.07, 6.45) is -28.4. The minimum atomic E-state index is -1.24. The average molecular weight is 1790 g/mol. The molecule has 6 fully saturated rings. The van der Waals surface area contributed by atoms with E-state index in [0.29, 0.717) is 0 Å². The van der Waals surface area contributed by atoms with Crippen LogP contribution in [-0.2, 0) is 160 Å². The Morgan fingerprint density at radius 3 is 1.11 bits per heavy atom. The highest BCUT2D eigenvalue weighted by atomic mass is 16.8. The van der Waals surface area contributed by atoms with Gasteiger partial charge in [0.25, 0.3) is 5.43 Å². The third kappa shape index (κ3) is 22.3. The van der Waals surface area contributed by atoms with Crippen molar-refractivity contribution in [3.63, 3.8) is 0 Å². The second-order valence-corrected chi connectivity index (χ2v) is 31.1. The summed E-state index contributed by atoms with van der Waals surface area (Å²) in [5, 5.41) is 20.3. The smallest absolute Gasteiger partial charge is 0.306 e. The van der Waals surface area contributed by atoms with E-state index in [1.807, 2.05) is 36.4 Å². The van der Waals surface area contributed by atoms with Crippen LogP contribution >= 0.6 is 0 Å². The van der Waals surface area contributed by atoms with E-state index in [-0.39, 0.29) is 93.1 Å². The number of methoxy groups -OCH3 is 17. The molecule has 1 aliphatic carbocycles. The molecule has 3 amide bonds. The van der Waals surface area contributed by atoms with Crippen molar-refractivity contribution >= 4 is 29.4 Å². The number of hydrogen-bond donors (Lipinski definition) is 5. The lowest BCUT2D eigenvalue weighted by atomic mass is 9.93. The van der Waals surface area contributed by atoms with Crippen molar-refractivity contribution in [1.29, 1.82) is 0 Å². The lowest BCUT2D eigenvalue weighted by Gasteiger charge is -2.51. The Hall–Kier alpha value is -7.00. The van der Waals surface area contributed by atoms with E-state index in [9.17, 15) is 38.4 Å². The van der Waals surface area contributed by atoms with Crippen molar-refractivity contribution in [3.8, 4) is 16.9 Å². The molecular weight excluding hydrogens is 1670 g/mol. The quantitative estimate of drug-likeness (QED) is 0.0271. The molecule has 4 aromatic carbocycles. The van der Waals surface area contributed by atoms with Crippen molar-refractivity contribution < 1.29 is 157 Å². The number of benzene rings is 2. The monoisotopic (exact) mass is 1790 g/mol. The number of fused-ring (bicyclic) bond motifs is 3. The first-order valence-electron chi connectivity index (χ1n) is 41.4. The number of rotatable bonds is 43. The number of aliphatic hydroxyl groups is 1. The highest BCUT2D eigenvalue weighted by Gasteiger charge is 2.59. The summed E-state index contributed by atoms with van der Waals surface area (Å²) in [6.45, 7) is 4.37. The lowest BCUT2D eigenvalue weighted by Crippen LogP contribution is -2.69. The molecule has 11 rings (SSSR count). The maximum Gasteiger partial charge on any atom is 0.306 e. The van der Waals surface area contributed by atoms with Crippen LogP contribution in [0.5, 0.6) is 5.75 Å². The fourth-order valence-electron chi connectivity index (χ4n) is 17.9. The van der Waals surface area contributed by atoms with Crippen LogP contribution < -0.4 is 47.7 Å². The summed E-state index contributed by atoms with van der Waals surface area (Å²) in [5.41, 5.74) is 1.51. The van der Waals surface area contributed by atoms with Crippen molar-refractivity contribution in [2.24, 2.45) is 0 Å². The Bertz CT molecular complexity index is 4180. The lowest BCUT2D eigenvalue weighted by molar-refractivity contribution is -0.374. The molecule has 4 aromatic rings. The largest absolute Gasteiger partial charge is 0.492 e. The van der Waals surface area contributed by atoms with Gasteiger partial charge in [0, 0.05) is 145 Å². The molecule has 5 N–H and O–H groups in total. The van der Waals surface area contributed by atoms with Crippen LogP contribution in [0.2, 0.25) is 0 Å². The zero-order valence-corrected chi connectivity index (χ0v) is 74.7. The van der Waals surface area contributed by atoms with Gasteiger partial charge in [-0.05, 0) is 42.5 Å². The first kappa shape index (κ1) is 101. The minimum Gasteiger partial charge on any atom is -0.492 e. The van der Waals surface area contributed by atoms with Gasteiger partial charge in [0.1, 0.15) is 129 Å². The van der Waals surface area contributed by atoms with Crippen molar-refractivity contribution in [1.82, 2.24) is 16.0 Å². The summed E-state index contributed by atoms with van der Waals surface area (Å²) in [5.74, 6) is -2.06. The highest BCUT2D eigenvalue weighted by Crippen LogP contribution is 2.46. The van der Waals surface area contributed by atoms with E-state index in [0.717, 1.165) is 22.3 Å². The van der Waals surface area contributed by atoms with E-state index < -0.39 is 230 Å². The SMILES string of the molecule is COCC1OC(NC(=O)CCc2c(N[C@@H]3C(C)O[C@@H](O[C@H]4C(COC)O[C@@H](O[C@H]5C(COC)OC(NC(=O)CCC(=O)OCC6c7ccccc7-c7ccccc76)C(OC)[C@@H]5OC)C(OC)[C@@H]4OC)C(OC)[C@@H]3OC)c(=O)c2=O)C(OC)[C@H](OC)[C@H]1O[C@@H]1OC(COC)[C@H](O[C@@H]2OC(C)[C@@H](NC(C)=O)[C@@H](OC)C2OC)[C@@H](OC)C1OC.COc1c(CO)c(=O)c1=O. The van der Waals surface area contributed by atoms with Gasteiger partial charge >= 0.3 is 5.97 Å². The fourth-order valence-corrected chi connectivity index (χ4v) is 17.9. The van der Waals surface area contributed by atoms with Crippen LogP contribution in [0.25, 0.3) is 11.1 Å². The van der Waals surface area contributed by atoms with Gasteiger partial charge in [-0.25, -0.2) is 0 Å². The second-order valence-electron chi connectivity index (χ2n) is 31.1. The van der Waals surface area contributed by atoms with Crippen molar-refractivity contribution in [2.75, 3.05) is 159 Å². The molecule has 30 atom stereocenters. The van der Waals surface area contributed by atoms with E-state index in [1.54, 1.807) is 13.8 Å². The average Bonchev–Trinajstić information content (AvgIpc) is 1.70. The molecule has 6 heterocycles. The Morgan fingerprint density at radius 2 is 0.730 bits per heavy atom.